The second kappa shape index (κ2) is 5.05. The van der Waals surface area contributed by atoms with Gasteiger partial charge in [-0.25, -0.2) is 4.79 Å². The van der Waals surface area contributed by atoms with E-state index in [1.54, 1.807) is 18.2 Å². The molecule has 1 aromatic carbocycles. The first-order valence-corrected chi connectivity index (χ1v) is 5.43. The number of benzene rings is 1. The second-order valence-corrected chi connectivity index (χ2v) is 3.82. The van der Waals surface area contributed by atoms with Crippen LogP contribution in [0.4, 0.5) is 5.69 Å². The van der Waals surface area contributed by atoms with Crippen LogP contribution in [0.3, 0.4) is 0 Å². The average Bonchev–Trinajstić information content (AvgIpc) is 2.81. The SMILES string of the molecule is COc1cccc(N)c1C(=O)OC1CCOC1. The van der Waals surface area contributed by atoms with E-state index < -0.39 is 5.97 Å². The Kier molecular flexibility index (Phi) is 3.49. The van der Waals surface area contributed by atoms with Crippen molar-refractivity contribution in [1.82, 2.24) is 0 Å². The van der Waals surface area contributed by atoms with Gasteiger partial charge in [0.25, 0.3) is 0 Å². The first kappa shape index (κ1) is 11.7. The van der Waals surface area contributed by atoms with Gasteiger partial charge in [0.15, 0.2) is 0 Å². The van der Waals surface area contributed by atoms with E-state index in [2.05, 4.69) is 0 Å². The Balaban J connectivity index is 2.17. The van der Waals surface area contributed by atoms with Gasteiger partial charge in [0.2, 0.25) is 0 Å². The lowest BCUT2D eigenvalue weighted by molar-refractivity contribution is 0.0268. The van der Waals surface area contributed by atoms with E-state index in [-0.39, 0.29) is 11.7 Å². The van der Waals surface area contributed by atoms with E-state index in [9.17, 15) is 4.79 Å². The van der Waals surface area contributed by atoms with Crippen LogP contribution in [0, 0.1) is 0 Å². The number of nitrogen functional groups attached to an aromatic ring is 1. The lowest BCUT2D eigenvalue weighted by Crippen LogP contribution is -2.19. The molecule has 0 spiro atoms. The van der Waals surface area contributed by atoms with Crippen LogP contribution in [-0.2, 0) is 9.47 Å². The lowest BCUT2D eigenvalue weighted by atomic mass is 10.1. The summed E-state index contributed by atoms with van der Waals surface area (Å²) < 4.78 is 15.5. The van der Waals surface area contributed by atoms with Gasteiger partial charge >= 0.3 is 5.97 Å². The fourth-order valence-corrected chi connectivity index (χ4v) is 1.75. The van der Waals surface area contributed by atoms with Crippen LogP contribution in [0.2, 0.25) is 0 Å². The normalized spacial score (nSPS) is 19.0. The zero-order chi connectivity index (χ0) is 12.3. The van der Waals surface area contributed by atoms with Gasteiger partial charge in [-0.2, -0.15) is 0 Å². The molecule has 1 atom stereocenters. The first-order chi connectivity index (χ1) is 8.22. The Labute approximate surface area is 99.5 Å². The Bertz CT molecular complexity index is 413. The van der Waals surface area contributed by atoms with Gasteiger partial charge in [0.1, 0.15) is 17.4 Å². The van der Waals surface area contributed by atoms with Crippen LogP contribution in [-0.4, -0.2) is 32.4 Å². The molecule has 0 amide bonds. The molecule has 1 fully saturated rings. The first-order valence-electron chi connectivity index (χ1n) is 5.43. The van der Waals surface area contributed by atoms with E-state index in [0.717, 1.165) is 6.42 Å². The summed E-state index contributed by atoms with van der Waals surface area (Å²) in [5.74, 6) is -0.0376. The van der Waals surface area contributed by atoms with Crippen LogP contribution in [0.15, 0.2) is 18.2 Å². The molecule has 17 heavy (non-hydrogen) atoms. The van der Waals surface area contributed by atoms with E-state index in [1.807, 2.05) is 0 Å². The van der Waals surface area contributed by atoms with Crippen LogP contribution in [0.25, 0.3) is 0 Å². The molecule has 0 bridgehead atoms. The Hall–Kier alpha value is -1.75. The van der Waals surface area contributed by atoms with Gasteiger partial charge in [-0.1, -0.05) is 6.07 Å². The Morgan fingerprint density at radius 3 is 3.00 bits per heavy atom. The number of hydrogen-bond donors (Lipinski definition) is 1. The van der Waals surface area contributed by atoms with Crippen molar-refractivity contribution in [2.75, 3.05) is 26.1 Å². The molecule has 0 aromatic heterocycles. The molecule has 2 N–H and O–H groups in total. The largest absolute Gasteiger partial charge is 0.496 e. The molecule has 1 aromatic rings. The van der Waals surface area contributed by atoms with E-state index in [4.69, 9.17) is 19.9 Å². The number of carbonyl (C=O) groups excluding carboxylic acids is 1. The minimum absolute atomic E-state index is 0.188. The van der Waals surface area contributed by atoms with Gasteiger partial charge in [-0.05, 0) is 12.1 Å². The number of anilines is 1. The number of ether oxygens (including phenoxy) is 3. The van der Waals surface area contributed by atoms with E-state index >= 15 is 0 Å². The van der Waals surface area contributed by atoms with Gasteiger partial charge < -0.3 is 19.9 Å². The number of methoxy groups -OCH3 is 1. The molecule has 1 unspecified atom stereocenters. The monoisotopic (exact) mass is 237 g/mol. The number of carbonyl (C=O) groups is 1. The van der Waals surface area contributed by atoms with Crippen molar-refractivity contribution in [3.63, 3.8) is 0 Å². The molecule has 0 radical (unpaired) electrons. The van der Waals surface area contributed by atoms with Gasteiger partial charge in [0, 0.05) is 12.1 Å². The van der Waals surface area contributed by atoms with Crippen molar-refractivity contribution in [2.24, 2.45) is 0 Å². The summed E-state index contributed by atoms with van der Waals surface area (Å²) in [6, 6.07) is 5.05. The summed E-state index contributed by atoms with van der Waals surface area (Å²) in [6.07, 6.45) is 0.535. The predicted octanol–water partition coefficient (Wildman–Crippen LogP) is 1.22. The highest BCUT2D eigenvalue weighted by Gasteiger charge is 2.24. The summed E-state index contributed by atoms with van der Waals surface area (Å²) in [5, 5.41) is 0. The number of rotatable bonds is 3. The standard InChI is InChI=1S/C12H15NO4/c1-15-10-4-2-3-9(13)11(10)12(14)17-8-5-6-16-7-8/h2-4,8H,5-7,13H2,1H3. The molecule has 1 aliphatic heterocycles. The topological polar surface area (TPSA) is 70.8 Å². The van der Waals surface area contributed by atoms with Crippen LogP contribution >= 0.6 is 0 Å². The maximum absolute atomic E-state index is 12.0. The zero-order valence-corrected chi connectivity index (χ0v) is 9.64. The smallest absolute Gasteiger partial charge is 0.344 e. The number of esters is 1. The summed E-state index contributed by atoms with van der Waals surface area (Å²) in [7, 11) is 1.49. The molecule has 1 aliphatic rings. The highest BCUT2D eigenvalue weighted by molar-refractivity contribution is 5.98. The molecule has 0 saturated carbocycles. The molecule has 5 heteroatoms. The molecule has 0 aliphatic carbocycles. The van der Waals surface area contributed by atoms with Crippen molar-refractivity contribution in [3.05, 3.63) is 23.8 Å². The molecular formula is C12H15NO4. The Morgan fingerprint density at radius 1 is 1.53 bits per heavy atom. The third-order valence-corrected chi connectivity index (χ3v) is 2.64. The highest BCUT2D eigenvalue weighted by atomic mass is 16.6. The minimum atomic E-state index is -0.463. The lowest BCUT2D eigenvalue weighted by Gasteiger charge is -2.13. The second-order valence-electron chi connectivity index (χ2n) is 3.82. The summed E-state index contributed by atoms with van der Waals surface area (Å²) in [6.45, 7) is 1.07. The maximum Gasteiger partial charge on any atom is 0.344 e. The van der Waals surface area contributed by atoms with Gasteiger partial charge in [-0.3, -0.25) is 0 Å². The molecule has 2 rings (SSSR count). The predicted molar refractivity (Wildman–Crippen MR) is 62.0 cm³/mol. The van der Waals surface area contributed by atoms with Crippen LogP contribution < -0.4 is 10.5 Å². The molecule has 1 heterocycles. The summed E-state index contributed by atoms with van der Waals surface area (Å²) >= 11 is 0. The highest BCUT2D eigenvalue weighted by Crippen LogP contribution is 2.26. The summed E-state index contributed by atoms with van der Waals surface area (Å²) in [4.78, 5) is 12.0. The van der Waals surface area contributed by atoms with E-state index in [1.165, 1.54) is 7.11 Å². The molecule has 1 saturated heterocycles. The van der Waals surface area contributed by atoms with Crippen LogP contribution in [0.1, 0.15) is 16.8 Å². The number of hydrogen-bond acceptors (Lipinski definition) is 5. The van der Waals surface area contributed by atoms with Crippen molar-refractivity contribution >= 4 is 11.7 Å². The zero-order valence-electron chi connectivity index (χ0n) is 9.64. The quantitative estimate of drug-likeness (QED) is 0.632. The molecule has 5 nitrogen and oxygen atoms in total. The van der Waals surface area contributed by atoms with E-state index in [0.29, 0.717) is 24.7 Å². The average molecular weight is 237 g/mol. The summed E-state index contributed by atoms with van der Waals surface area (Å²) in [5.41, 5.74) is 6.39. The maximum atomic E-state index is 12.0. The van der Waals surface area contributed by atoms with Crippen molar-refractivity contribution in [3.8, 4) is 5.75 Å². The van der Waals surface area contributed by atoms with Gasteiger partial charge in [-0.15, -0.1) is 0 Å². The van der Waals surface area contributed by atoms with Crippen molar-refractivity contribution < 1.29 is 19.0 Å². The third kappa shape index (κ3) is 2.50. The molecule has 92 valence electrons. The van der Waals surface area contributed by atoms with Gasteiger partial charge in [0.05, 0.1) is 20.3 Å². The minimum Gasteiger partial charge on any atom is -0.496 e. The Morgan fingerprint density at radius 2 is 2.35 bits per heavy atom. The van der Waals surface area contributed by atoms with Crippen LogP contribution in [0.5, 0.6) is 5.75 Å². The number of nitrogens with two attached hydrogens (primary N) is 1. The third-order valence-electron chi connectivity index (χ3n) is 2.64. The van der Waals surface area contributed by atoms with Crippen molar-refractivity contribution in [1.29, 1.82) is 0 Å². The molecular weight excluding hydrogens is 222 g/mol. The fourth-order valence-electron chi connectivity index (χ4n) is 1.75. The fraction of sp³-hybridized carbons (Fsp3) is 0.417. The van der Waals surface area contributed by atoms with Crippen molar-refractivity contribution in [2.45, 2.75) is 12.5 Å².